The van der Waals surface area contributed by atoms with Gasteiger partial charge in [-0.15, -0.1) is 0 Å². The Morgan fingerprint density at radius 3 is 2.58 bits per heavy atom. The number of hydrogen-bond acceptors (Lipinski definition) is 8. The average molecular weight is 557 g/mol. The van der Waals surface area contributed by atoms with Crippen LogP contribution in [0.25, 0.3) is 0 Å². The number of anilines is 1. The van der Waals surface area contributed by atoms with Gasteiger partial charge in [0.25, 0.3) is 0 Å². The molecule has 1 saturated heterocycles. The number of piperidine rings is 1. The molecule has 8 heteroatoms. The lowest BCUT2D eigenvalue weighted by molar-refractivity contribution is -0.00912. The smallest absolute Gasteiger partial charge is 0.142 e. The van der Waals surface area contributed by atoms with Gasteiger partial charge in [-0.3, -0.25) is 0 Å². The first-order valence-electron chi connectivity index (χ1n) is 14.7. The highest BCUT2D eigenvalue weighted by Gasteiger charge is 2.35. The Hall–Kier alpha value is -2.20. The van der Waals surface area contributed by atoms with Crippen molar-refractivity contribution in [3.63, 3.8) is 0 Å². The highest BCUT2D eigenvalue weighted by Crippen LogP contribution is 2.37. The molecule has 0 aromatic heterocycles. The number of rotatable bonds is 16. The summed E-state index contributed by atoms with van der Waals surface area (Å²) in [7, 11) is 3.43. The van der Waals surface area contributed by atoms with Crippen LogP contribution in [0, 0.1) is 5.92 Å². The Kier molecular flexibility index (Phi) is 12.5. The fourth-order valence-corrected chi connectivity index (χ4v) is 5.77. The summed E-state index contributed by atoms with van der Waals surface area (Å²) in [6, 6.07) is 15.2. The molecule has 8 nitrogen and oxygen atoms in total. The van der Waals surface area contributed by atoms with Gasteiger partial charge >= 0.3 is 0 Å². The normalized spacial score (nSPS) is 21.6. The van der Waals surface area contributed by atoms with Crippen molar-refractivity contribution in [1.29, 1.82) is 0 Å². The number of nitrogens with zero attached hydrogens (tertiary/aromatic N) is 1. The molecule has 2 aromatic carbocycles. The van der Waals surface area contributed by atoms with Gasteiger partial charge in [0.15, 0.2) is 0 Å². The van der Waals surface area contributed by atoms with E-state index in [1.165, 1.54) is 5.56 Å². The number of fused-ring (bicyclic) bond motifs is 1. The number of ether oxygens (including phenoxy) is 5. The number of nitrogens with one attached hydrogen (secondary N) is 1. The van der Waals surface area contributed by atoms with Gasteiger partial charge < -0.3 is 39.0 Å². The molecule has 1 unspecified atom stereocenters. The van der Waals surface area contributed by atoms with E-state index in [-0.39, 0.29) is 18.1 Å². The van der Waals surface area contributed by atoms with Gasteiger partial charge in [-0.1, -0.05) is 30.3 Å². The molecule has 2 heterocycles. The number of methoxy groups -OCH3 is 2. The van der Waals surface area contributed by atoms with E-state index in [2.05, 4.69) is 52.7 Å². The predicted octanol–water partition coefficient (Wildman–Crippen LogP) is 4.13. The molecule has 0 amide bonds. The van der Waals surface area contributed by atoms with Crippen LogP contribution in [0.5, 0.6) is 5.75 Å². The van der Waals surface area contributed by atoms with Crippen LogP contribution in [-0.4, -0.2) is 84.1 Å². The van der Waals surface area contributed by atoms with Crippen molar-refractivity contribution in [2.75, 3.05) is 71.7 Å². The fraction of sp³-hybridized carbons (Fsp3) is 0.625. The third-order valence-corrected chi connectivity index (χ3v) is 7.90. The minimum atomic E-state index is -0.307. The summed E-state index contributed by atoms with van der Waals surface area (Å²) in [5, 5.41) is 13.6. The lowest BCUT2D eigenvalue weighted by Gasteiger charge is -2.39. The zero-order valence-corrected chi connectivity index (χ0v) is 24.5. The van der Waals surface area contributed by atoms with Gasteiger partial charge in [-0.05, 0) is 67.5 Å². The zero-order valence-electron chi connectivity index (χ0n) is 24.5. The summed E-state index contributed by atoms with van der Waals surface area (Å²) in [6.07, 6.45) is 2.44. The molecule has 40 heavy (non-hydrogen) atoms. The van der Waals surface area contributed by atoms with E-state index in [9.17, 15) is 5.11 Å². The van der Waals surface area contributed by atoms with Crippen LogP contribution in [-0.2, 0) is 32.2 Å². The van der Waals surface area contributed by atoms with Gasteiger partial charge in [0.1, 0.15) is 12.4 Å². The highest BCUT2D eigenvalue weighted by atomic mass is 16.5. The SMILES string of the molecule is COCCCN1CCOc2ccc(CO[C@H]3CNC[C@@H](CC[C@@H](C)O)C3c3ccc(COCCOC)cc3)cc21. The molecule has 4 atom stereocenters. The molecule has 2 aliphatic heterocycles. The maximum absolute atomic E-state index is 10.0. The van der Waals surface area contributed by atoms with Crippen LogP contribution in [0.15, 0.2) is 42.5 Å². The third kappa shape index (κ3) is 8.90. The molecule has 2 aromatic rings. The van der Waals surface area contributed by atoms with Crippen molar-refractivity contribution < 1.29 is 28.8 Å². The van der Waals surface area contributed by atoms with E-state index >= 15 is 0 Å². The molecule has 0 bridgehead atoms. The van der Waals surface area contributed by atoms with Gasteiger partial charge in [-0.2, -0.15) is 0 Å². The lowest BCUT2D eigenvalue weighted by Crippen LogP contribution is -2.47. The van der Waals surface area contributed by atoms with E-state index in [0.29, 0.717) is 39.0 Å². The first-order chi connectivity index (χ1) is 19.6. The summed E-state index contributed by atoms with van der Waals surface area (Å²) in [4.78, 5) is 2.39. The first-order valence-corrected chi connectivity index (χ1v) is 14.7. The lowest BCUT2D eigenvalue weighted by atomic mass is 9.76. The fourth-order valence-electron chi connectivity index (χ4n) is 5.77. The molecule has 4 rings (SSSR count). The summed E-state index contributed by atoms with van der Waals surface area (Å²) in [5.74, 6) is 1.56. The largest absolute Gasteiger partial charge is 0.490 e. The Morgan fingerprint density at radius 2 is 1.80 bits per heavy atom. The minimum absolute atomic E-state index is 0.0293. The molecule has 1 fully saturated rings. The Morgan fingerprint density at radius 1 is 1.00 bits per heavy atom. The molecule has 2 aliphatic rings. The van der Waals surface area contributed by atoms with Crippen LogP contribution >= 0.6 is 0 Å². The van der Waals surface area contributed by atoms with E-state index < -0.39 is 0 Å². The van der Waals surface area contributed by atoms with Crippen molar-refractivity contribution >= 4 is 5.69 Å². The Balaban J connectivity index is 1.45. The van der Waals surface area contributed by atoms with Crippen LogP contribution in [0.1, 0.15) is 48.8 Å². The molecular formula is C32H48N2O6. The number of aliphatic hydroxyl groups is 1. The van der Waals surface area contributed by atoms with E-state index in [1.54, 1.807) is 14.2 Å². The van der Waals surface area contributed by atoms with Crippen LogP contribution in [0.2, 0.25) is 0 Å². The molecule has 0 spiro atoms. The van der Waals surface area contributed by atoms with Crippen molar-refractivity contribution in [2.45, 2.75) is 57.5 Å². The summed E-state index contributed by atoms with van der Waals surface area (Å²) < 4.78 is 28.6. The standard InChI is InChI=1S/C32H48N2O6/c1-24(35)5-9-28-20-33-21-31(32(28)27-10-6-25(7-11-27)22-38-18-17-37-3)40-23-26-8-12-30-29(19-26)34(14-16-39-30)13-4-15-36-2/h6-8,10-12,19,24,28,31-33,35H,4-5,9,13-18,20-23H2,1-3H3/t24-,28-,31+,32?/m1/s1. The summed E-state index contributed by atoms with van der Waals surface area (Å²) in [6.45, 7) is 9.18. The van der Waals surface area contributed by atoms with Crippen LogP contribution in [0.3, 0.4) is 0 Å². The van der Waals surface area contributed by atoms with E-state index in [1.807, 2.05) is 6.92 Å². The van der Waals surface area contributed by atoms with Crippen molar-refractivity contribution in [3.05, 3.63) is 59.2 Å². The van der Waals surface area contributed by atoms with Crippen LogP contribution < -0.4 is 15.0 Å². The van der Waals surface area contributed by atoms with Gasteiger partial charge in [0, 0.05) is 39.8 Å². The maximum Gasteiger partial charge on any atom is 0.142 e. The monoisotopic (exact) mass is 556 g/mol. The maximum atomic E-state index is 10.0. The van der Waals surface area contributed by atoms with Gasteiger partial charge in [-0.25, -0.2) is 0 Å². The molecule has 0 saturated carbocycles. The van der Waals surface area contributed by atoms with E-state index in [0.717, 1.165) is 74.6 Å². The summed E-state index contributed by atoms with van der Waals surface area (Å²) >= 11 is 0. The molecule has 2 N–H and O–H groups in total. The highest BCUT2D eigenvalue weighted by molar-refractivity contribution is 5.61. The zero-order chi connectivity index (χ0) is 28.2. The quantitative estimate of drug-likeness (QED) is 0.299. The number of aliphatic hydroxyl groups excluding tert-OH is 1. The second-order valence-corrected chi connectivity index (χ2v) is 11.0. The van der Waals surface area contributed by atoms with Crippen molar-refractivity contribution in [2.24, 2.45) is 5.92 Å². The minimum Gasteiger partial charge on any atom is -0.490 e. The molecule has 222 valence electrons. The third-order valence-electron chi connectivity index (χ3n) is 7.90. The van der Waals surface area contributed by atoms with Crippen LogP contribution in [0.4, 0.5) is 5.69 Å². The van der Waals surface area contributed by atoms with Crippen molar-refractivity contribution in [3.8, 4) is 5.75 Å². The number of benzene rings is 2. The molecule has 0 radical (unpaired) electrons. The predicted molar refractivity (Wildman–Crippen MR) is 157 cm³/mol. The second-order valence-electron chi connectivity index (χ2n) is 11.0. The van der Waals surface area contributed by atoms with Gasteiger partial charge in [0.05, 0.1) is 50.9 Å². The topological polar surface area (TPSA) is 81.7 Å². The Labute approximate surface area is 239 Å². The second kappa shape index (κ2) is 16.3. The summed E-state index contributed by atoms with van der Waals surface area (Å²) in [5.41, 5.74) is 4.72. The van der Waals surface area contributed by atoms with E-state index in [4.69, 9.17) is 23.7 Å². The van der Waals surface area contributed by atoms with Gasteiger partial charge in [0.2, 0.25) is 0 Å². The average Bonchev–Trinajstić information content (AvgIpc) is 2.98. The van der Waals surface area contributed by atoms with Crippen molar-refractivity contribution in [1.82, 2.24) is 5.32 Å². The first kappa shape index (κ1) is 30.8. The molecular weight excluding hydrogens is 508 g/mol. The molecule has 0 aliphatic carbocycles. The Bertz CT molecular complexity index is 1000. The number of hydrogen-bond donors (Lipinski definition) is 2.